The molecule has 0 N–H and O–H groups in total. The smallest absolute Gasteiger partial charge is 0.166 e. The molecule has 2 aliphatic carbocycles. The monoisotopic (exact) mass is 214 g/mol. The maximum absolute atomic E-state index is 12.4. The Morgan fingerprint density at radius 2 is 2.06 bits per heavy atom. The Morgan fingerprint density at radius 3 is 2.62 bits per heavy atom. The predicted octanol–water partition coefficient (Wildman–Crippen LogP) is 3.70. The minimum atomic E-state index is 0.286. The van der Waals surface area contributed by atoms with Crippen molar-refractivity contribution in [3.05, 3.63) is 35.9 Å². The van der Waals surface area contributed by atoms with E-state index >= 15 is 0 Å². The van der Waals surface area contributed by atoms with Gasteiger partial charge in [-0.3, -0.25) is 4.79 Å². The molecule has 2 bridgehead atoms. The zero-order chi connectivity index (χ0) is 11.2. The summed E-state index contributed by atoms with van der Waals surface area (Å²) in [6.07, 6.45) is 5.00. The molecule has 2 aliphatic rings. The second-order valence-corrected chi connectivity index (χ2v) is 5.78. The molecule has 2 saturated carbocycles. The normalized spacial score (nSPS) is 36.6. The van der Waals surface area contributed by atoms with Crippen molar-refractivity contribution >= 4 is 5.78 Å². The van der Waals surface area contributed by atoms with E-state index in [1.54, 1.807) is 0 Å². The minimum Gasteiger partial charge on any atom is -0.294 e. The van der Waals surface area contributed by atoms with Gasteiger partial charge in [0, 0.05) is 11.5 Å². The Balaban J connectivity index is 1.87. The lowest BCUT2D eigenvalue weighted by molar-refractivity contribution is 0.0797. The zero-order valence-corrected chi connectivity index (χ0v) is 9.78. The minimum absolute atomic E-state index is 0.286. The number of carbonyl (C=O) groups excluding carboxylic acids is 1. The molecular weight excluding hydrogens is 196 g/mol. The Labute approximate surface area is 96.9 Å². The molecule has 3 rings (SSSR count). The standard InChI is InChI=1S/C15H18O/c1-15-8-7-11(10-15)9-13(15)14(16)12-5-3-2-4-6-12/h2-6,11,13H,7-10H2,1H3. The van der Waals surface area contributed by atoms with Crippen molar-refractivity contribution in [2.75, 3.05) is 0 Å². The van der Waals surface area contributed by atoms with E-state index in [-0.39, 0.29) is 5.92 Å². The maximum Gasteiger partial charge on any atom is 0.166 e. The van der Waals surface area contributed by atoms with E-state index in [0.29, 0.717) is 11.2 Å². The first-order chi connectivity index (χ1) is 7.69. The number of fused-ring (bicyclic) bond motifs is 2. The van der Waals surface area contributed by atoms with Crippen LogP contribution < -0.4 is 0 Å². The van der Waals surface area contributed by atoms with Gasteiger partial charge in [0.05, 0.1) is 0 Å². The van der Waals surface area contributed by atoms with Gasteiger partial charge < -0.3 is 0 Å². The van der Waals surface area contributed by atoms with Gasteiger partial charge in [0.1, 0.15) is 0 Å². The molecule has 0 radical (unpaired) electrons. The lowest BCUT2D eigenvalue weighted by Gasteiger charge is -2.30. The molecule has 84 valence electrons. The highest BCUT2D eigenvalue weighted by molar-refractivity contribution is 5.98. The van der Waals surface area contributed by atoms with Gasteiger partial charge in [-0.2, -0.15) is 0 Å². The van der Waals surface area contributed by atoms with Gasteiger partial charge >= 0.3 is 0 Å². The largest absolute Gasteiger partial charge is 0.294 e. The van der Waals surface area contributed by atoms with Gasteiger partial charge in [0.25, 0.3) is 0 Å². The fourth-order valence-electron chi connectivity index (χ4n) is 3.76. The van der Waals surface area contributed by atoms with Gasteiger partial charge in [0.15, 0.2) is 5.78 Å². The first-order valence-corrected chi connectivity index (χ1v) is 6.28. The van der Waals surface area contributed by atoms with Crippen LogP contribution in [-0.2, 0) is 0 Å². The second-order valence-electron chi connectivity index (χ2n) is 5.78. The summed E-state index contributed by atoms with van der Waals surface area (Å²) in [6, 6.07) is 9.81. The van der Waals surface area contributed by atoms with E-state index in [4.69, 9.17) is 0 Å². The SMILES string of the molecule is CC12CCC(CC1C(=O)c1ccccc1)C2. The molecule has 1 nitrogen and oxygen atoms in total. The molecule has 3 unspecified atom stereocenters. The predicted molar refractivity (Wildman–Crippen MR) is 64.3 cm³/mol. The van der Waals surface area contributed by atoms with Gasteiger partial charge in [-0.05, 0) is 37.0 Å². The number of hydrogen-bond acceptors (Lipinski definition) is 1. The summed E-state index contributed by atoms with van der Waals surface area (Å²) >= 11 is 0. The Bertz CT molecular complexity index is 409. The fraction of sp³-hybridized carbons (Fsp3) is 0.533. The fourth-order valence-corrected chi connectivity index (χ4v) is 3.76. The van der Waals surface area contributed by atoms with Crippen molar-refractivity contribution in [3.8, 4) is 0 Å². The molecule has 0 spiro atoms. The average molecular weight is 214 g/mol. The van der Waals surface area contributed by atoms with Gasteiger partial charge in [-0.15, -0.1) is 0 Å². The van der Waals surface area contributed by atoms with Crippen LogP contribution in [0.4, 0.5) is 0 Å². The third kappa shape index (κ3) is 1.41. The molecule has 1 aromatic carbocycles. The summed E-state index contributed by atoms with van der Waals surface area (Å²) in [4.78, 5) is 12.4. The highest BCUT2D eigenvalue weighted by Gasteiger charge is 2.51. The van der Waals surface area contributed by atoms with Crippen molar-refractivity contribution in [2.45, 2.75) is 32.6 Å². The molecule has 1 aromatic rings. The van der Waals surface area contributed by atoms with Crippen molar-refractivity contribution < 1.29 is 4.79 Å². The van der Waals surface area contributed by atoms with Gasteiger partial charge in [-0.25, -0.2) is 0 Å². The van der Waals surface area contributed by atoms with Crippen LogP contribution in [0.1, 0.15) is 43.0 Å². The van der Waals surface area contributed by atoms with E-state index in [9.17, 15) is 4.79 Å². The van der Waals surface area contributed by atoms with Crippen LogP contribution in [0.25, 0.3) is 0 Å². The molecule has 0 aliphatic heterocycles. The number of rotatable bonds is 2. The van der Waals surface area contributed by atoms with E-state index in [1.165, 1.54) is 19.3 Å². The third-order valence-corrected chi connectivity index (χ3v) is 4.66. The second kappa shape index (κ2) is 3.44. The van der Waals surface area contributed by atoms with E-state index < -0.39 is 0 Å². The molecule has 0 heterocycles. The summed E-state index contributed by atoms with van der Waals surface area (Å²) in [6.45, 7) is 2.31. The molecular formula is C15H18O. The van der Waals surface area contributed by atoms with Crippen LogP contribution in [0, 0.1) is 17.3 Å². The first kappa shape index (κ1) is 10.1. The lowest BCUT2D eigenvalue weighted by Crippen LogP contribution is -2.29. The number of Topliss-reactive ketones (excluding diaryl/α,β-unsaturated/α-hetero) is 1. The number of ketones is 1. The highest BCUT2D eigenvalue weighted by atomic mass is 16.1. The topological polar surface area (TPSA) is 17.1 Å². The number of benzene rings is 1. The molecule has 2 fully saturated rings. The zero-order valence-electron chi connectivity index (χ0n) is 9.78. The van der Waals surface area contributed by atoms with Gasteiger partial charge in [-0.1, -0.05) is 37.3 Å². The van der Waals surface area contributed by atoms with Crippen LogP contribution in [0.3, 0.4) is 0 Å². The molecule has 0 amide bonds. The van der Waals surface area contributed by atoms with Crippen LogP contribution >= 0.6 is 0 Å². The third-order valence-electron chi connectivity index (χ3n) is 4.66. The van der Waals surface area contributed by atoms with Crippen LogP contribution in [0.5, 0.6) is 0 Å². The number of hydrogen-bond donors (Lipinski definition) is 0. The van der Waals surface area contributed by atoms with E-state index in [2.05, 4.69) is 6.92 Å². The van der Waals surface area contributed by atoms with E-state index in [1.807, 2.05) is 30.3 Å². The summed E-state index contributed by atoms with van der Waals surface area (Å²) in [5.41, 5.74) is 1.21. The average Bonchev–Trinajstić information content (AvgIpc) is 2.84. The summed E-state index contributed by atoms with van der Waals surface area (Å²) in [7, 11) is 0. The maximum atomic E-state index is 12.4. The van der Waals surface area contributed by atoms with Crippen LogP contribution in [0.2, 0.25) is 0 Å². The summed E-state index contributed by atoms with van der Waals surface area (Å²) < 4.78 is 0. The Hall–Kier alpha value is -1.11. The summed E-state index contributed by atoms with van der Waals surface area (Å²) in [5.74, 6) is 1.49. The van der Waals surface area contributed by atoms with E-state index in [0.717, 1.165) is 17.9 Å². The number of carbonyl (C=O) groups is 1. The molecule has 0 aromatic heterocycles. The van der Waals surface area contributed by atoms with Crippen LogP contribution in [-0.4, -0.2) is 5.78 Å². The molecule has 3 atom stereocenters. The van der Waals surface area contributed by atoms with Gasteiger partial charge in [0.2, 0.25) is 0 Å². The molecule has 0 saturated heterocycles. The van der Waals surface area contributed by atoms with Crippen molar-refractivity contribution in [1.82, 2.24) is 0 Å². The first-order valence-electron chi connectivity index (χ1n) is 6.28. The highest BCUT2D eigenvalue weighted by Crippen LogP contribution is 2.58. The molecule has 16 heavy (non-hydrogen) atoms. The Morgan fingerprint density at radius 1 is 1.31 bits per heavy atom. The molecule has 1 heteroatoms. The quantitative estimate of drug-likeness (QED) is 0.686. The van der Waals surface area contributed by atoms with Crippen LogP contribution in [0.15, 0.2) is 30.3 Å². The van der Waals surface area contributed by atoms with Crippen molar-refractivity contribution in [3.63, 3.8) is 0 Å². The Kier molecular flexibility index (Phi) is 2.17. The van der Waals surface area contributed by atoms with Crippen molar-refractivity contribution in [1.29, 1.82) is 0 Å². The van der Waals surface area contributed by atoms with Crippen molar-refractivity contribution in [2.24, 2.45) is 17.3 Å². The summed E-state index contributed by atoms with van der Waals surface area (Å²) in [5, 5.41) is 0. The lowest BCUT2D eigenvalue weighted by atomic mass is 9.73.